The van der Waals surface area contributed by atoms with E-state index in [0.29, 0.717) is 22.0 Å². The molecule has 2 rings (SSSR count). The number of carbonyl (C=O) groups excluding carboxylic acids is 1. The molecule has 1 amide bonds. The second-order valence-corrected chi connectivity index (χ2v) is 4.93. The number of nitrogens with zero attached hydrogens (tertiary/aromatic N) is 2. The molecule has 0 saturated carbocycles. The van der Waals surface area contributed by atoms with E-state index in [4.69, 9.17) is 11.6 Å². The summed E-state index contributed by atoms with van der Waals surface area (Å²) in [5, 5.41) is 13.7. The Morgan fingerprint density at radius 3 is 2.62 bits per heavy atom. The molecule has 2 aromatic rings. The van der Waals surface area contributed by atoms with Gasteiger partial charge in [0.2, 0.25) is 0 Å². The number of amides is 1. The number of aryl methyl sites for hydroxylation is 2. The van der Waals surface area contributed by atoms with E-state index >= 15 is 0 Å². The van der Waals surface area contributed by atoms with Gasteiger partial charge in [-0.1, -0.05) is 11.6 Å². The molecule has 1 aromatic carbocycles. The number of pyridine rings is 1. The SMILES string of the molecule is Cc1cc(Cl)c(C(=O)Nc2ccc([N+](=O)[O-])c(C)c2)cn1. The van der Waals surface area contributed by atoms with E-state index in [1.54, 1.807) is 19.9 Å². The van der Waals surface area contributed by atoms with Gasteiger partial charge in [0.1, 0.15) is 0 Å². The summed E-state index contributed by atoms with van der Waals surface area (Å²) in [4.78, 5) is 26.4. The van der Waals surface area contributed by atoms with Crippen molar-refractivity contribution in [1.82, 2.24) is 4.98 Å². The summed E-state index contributed by atoms with van der Waals surface area (Å²) in [6, 6.07) is 5.95. The van der Waals surface area contributed by atoms with Gasteiger partial charge in [0.15, 0.2) is 0 Å². The largest absolute Gasteiger partial charge is 0.322 e. The molecule has 0 aliphatic rings. The lowest BCUT2D eigenvalue weighted by Gasteiger charge is -2.08. The highest BCUT2D eigenvalue weighted by Crippen LogP contribution is 2.23. The lowest BCUT2D eigenvalue weighted by atomic mass is 10.1. The van der Waals surface area contributed by atoms with Crippen molar-refractivity contribution in [2.24, 2.45) is 0 Å². The van der Waals surface area contributed by atoms with Crippen LogP contribution in [-0.4, -0.2) is 15.8 Å². The standard InChI is InChI=1S/C14H12ClN3O3/c1-8-5-10(3-4-13(8)18(20)21)17-14(19)11-7-16-9(2)6-12(11)15/h3-7H,1-2H3,(H,17,19). The number of benzene rings is 1. The summed E-state index contributed by atoms with van der Waals surface area (Å²) in [6.07, 6.45) is 1.39. The minimum atomic E-state index is -0.471. The molecule has 0 bridgehead atoms. The Balaban J connectivity index is 2.23. The van der Waals surface area contributed by atoms with Crippen LogP contribution in [0, 0.1) is 24.0 Å². The van der Waals surface area contributed by atoms with Gasteiger partial charge in [-0.3, -0.25) is 19.9 Å². The second kappa shape index (κ2) is 5.88. The first-order valence-corrected chi connectivity index (χ1v) is 6.45. The highest BCUT2D eigenvalue weighted by atomic mass is 35.5. The first-order chi connectivity index (χ1) is 9.88. The van der Waals surface area contributed by atoms with Crippen LogP contribution >= 0.6 is 11.6 Å². The highest BCUT2D eigenvalue weighted by molar-refractivity contribution is 6.34. The van der Waals surface area contributed by atoms with Gasteiger partial charge in [-0.25, -0.2) is 0 Å². The van der Waals surface area contributed by atoms with Crippen LogP contribution in [0.1, 0.15) is 21.6 Å². The molecule has 0 saturated heterocycles. The number of hydrogen-bond acceptors (Lipinski definition) is 4. The number of carbonyl (C=O) groups is 1. The molecule has 7 heteroatoms. The molecule has 0 spiro atoms. The lowest BCUT2D eigenvalue weighted by Crippen LogP contribution is -2.13. The first-order valence-electron chi connectivity index (χ1n) is 6.07. The van der Waals surface area contributed by atoms with Crippen LogP contribution in [-0.2, 0) is 0 Å². The van der Waals surface area contributed by atoms with Gasteiger partial charge in [-0.2, -0.15) is 0 Å². The topological polar surface area (TPSA) is 85.1 Å². The lowest BCUT2D eigenvalue weighted by molar-refractivity contribution is -0.385. The molecule has 108 valence electrons. The fourth-order valence-electron chi connectivity index (χ4n) is 1.83. The molecule has 0 fully saturated rings. The molecule has 1 aromatic heterocycles. The third-order valence-corrected chi connectivity index (χ3v) is 3.20. The van der Waals surface area contributed by atoms with Crippen molar-refractivity contribution in [3.05, 3.63) is 62.4 Å². The number of nitro benzene ring substituents is 1. The van der Waals surface area contributed by atoms with Crippen LogP contribution in [0.3, 0.4) is 0 Å². The van der Waals surface area contributed by atoms with Crippen molar-refractivity contribution >= 4 is 28.9 Å². The minimum Gasteiger partial charge on any atom is -0.322 e. The van der Waals surface area contributed by atoms with Crippen LogP contribution in [0.4, 0.5) is 11.4 Å². The summed E-state index contributed by atoms with van der Waals surface area (Å²) in [5.41, 5.74) is 1.88. The number of anilines is 1. The summed E-state index contributed by atoms with van der Waals surface area (Å²) in [7, 11) is 0. The maximum absolute atomic E-state index is 12.1. The molecule has 1 N–H and O–H groups in total. The van der Waals surface area contributed by atoms with Gasteiger partial charge in [0.05, 0.1) is 15.5 Å². The monoisotopic (exact) mass is 305 g/mol. The predicted molar refractivity (Wildman–Crippen MR) is 79.8 cm³/mol. The second-order valence-electron chi connectivity index (χ2n) is 4.52. The van der Waals surface area contributed by atoms with Crippen molar-refractivity contribution in [3.63, 3.8) is 0 Å². The Morgan fingerprint density at radius 1 is 1.33 bits per heavy atom. The summed E-state index contributed by atoms with van der Waals surface area (Å²) in [6.45, 7) is 3.38. The molecule has 0 radical (unpaired) electrons. The average Bonchev–Trinajstić information content (AvgIpc) is 2.37. The third-order valence-electron chi connectivity index (χ3n) is 2.89. The van der Waals surface area contributed by atoms with E-state index in [1.165, 1.54) is 24.4 Å². The quantitative estimate of drug-likeness (QED) is 0.694. The molecule has 0 atom stereocenters. The smallest absolute Gasteiger partial charge is 0.272 e. The van der Waals surface area contributed by atoms with Crippen molar-refractivity contribution < 1.29 is 9.72 Å². The Labute approximate surface area is 125 Å². The third kappa shape index (κ3) is 3.35. The zero-order valence-electron chi connectivity index (χ0n) is 11.4. The Morgan fingerprint density at radius 2 is 2.05 bits per heavy atom. The molecular formula is C14H12ClN3O3. The molecule has 21 heavy (non-hydrogen) atoms. The number of nitro groups is 1. The Kier molecular flexibility index (Phi) is 4.18. The van der Waals surface area contributed by atoms with Crippen LogP contribution in [0.25, 0.3) is 0 Å². The van der Waals surface area contributed by atoms with Crippen molar-refractivity contribution in [3.8, 4) is 0 Å². The number of halogens is 1. The number of aromatic nitrogens is 1. The molecule has 0 aliphatic heterocycles. The van der Waals surface area contributed by atoms with Crippen LogP contribution < -0.4 is 5.32 Å². The van der Waals surface area contributed by atoms with Gasteiger partial charge in [0, 0.05) is 29.2 Å². The summed E-state index contributed by atoms with van der Waals surface area (Å²) >= 11 is 6.00. The number of rotatable bonds is 3. The predicted octanol–water partition coefficient (Wildman–Crippen LogP) is 3.51. The van der Waals surface area contributed by atoms with E-state index in [1.807, 2.05) is 0 Å². The number of nitrogens with one attached hydrogen (secondary N) is 1. The van der Waals surface area contributed by atoms with Crippen molar-refractivity contribution in [1.29, 1.82) is 0 Å². The molecular weight excluding hydrogens is 294 g/mol. The van der Waals surface area contributed by atoms with Crippen LogP contribution in [0.5, 0.6) is 0 Å². The van der Waals surface area contributed by atoms with Gasteiger partial charge in [-0.15, -0.1) is 0 Å². The fourth-order valence-corrected chi connectivity index (χ4v) is 2.12. The van der Waals surface area contributed by atoms with E-state index < -0.39 is 10.8 Å². The fraction of sp³-hybridized carbons (Fsp3) is 0.143. The van der Waals surface area contributed by atoms with E-state index in [2.05, 4.69) is 10.3 Å². The van der Waals surface area contributed by atoms with Crippen LogP contribution in [0.15, 0.2) is 30.5 Å². The zero-order chi connectivity index (χ0) is 15.6. The molecule has 0 unspecified atom stereocenters. The van der Waals surface area contributed by atoms with E-state index in [0.717, 1.165) is 0 Å². The average molecular weight is 306 g/mol. The Bertz CT molecular complexity index is 731. The van der Waals surface area contributed by atoms with Crippen molar-refractivity contribution in [2.75, 3.05) is 5.32 Å². The normalized spacial score (nSPS) is 10.2. The molecule has 1 heterocycles. The molecule has 0 aliphatic carbocycles. The van der Waals surface area contributed by atoms with E-state index in [9.17, 15) is 14.9 Å². The first kappa shape index (κ1) is 14.9. The van der Waals surface area contributed by atoms with Gasteiger partial charge < -0.3 is 5.32 Å². The van der Waals surface area contributed by atoms with Gasteiger partial charge in [-0.05, 0) is 32.0 Å². The summed E-state index contributed by atoms with van der Waals surface area (Å²) in [5.74, 6) is -0.416. The van der Waals surface area contributed by atoms with Crippen LogP contribution in [0.2, 0.25) is 5.02 Å². The van der Waals surface area contributed by atoms with Gasteiger partial charge >= 0.3 is 0 Å². The maximum Gasteiger partial charge on any atom is 0.272 e. The summed E-state index contributed by atoms with van der Waals surface area (Å²) < 4.78 is 0. The van der Waals surface area contributed by atoms with E-state index in [-0.39, 0.29) is 11.3 Å². The highest BCUT2D eigenvalue weighted by Gasteiger charge is 2.14. The Hall–Kier alpha value is -2.47. The number of hydrogen-bond donors (Lipinski definition) is 1. The maximum atomic E-state index is 12.1. The molecule has 6 nitrogen and oxygen atoms in total. The zero-order valence-corrected chi connectivity index (χ0v) is 12.1. The van der Waals surface area contributed by atoms with Crippen molar-refractivity contribution in [2.45, 2.75) is 13.8 Å². The minimum absolute atomic E-state index is 0.00281. The van der Waals surface area contributed by atoms with Gasteiger partial charge in [0.25, 0.3) is 11.6 Å².